The van der Waals surface area contributed by atoms with Gasteiger partial charge in [0.25, 0.3) is 11.4 Å². The van der Waals surface area contributed by atoms with Gasteiger partial charge in [0, 0.05) is 5.69 Å². The molecule has 0 saturated heterocycles. The number of nitrogens with two attached hydrogens (primary N) is 1. The molecule has 0 aliphatic carbocycles. The van der Waals surface area contributed by atoms with Crippen LogP contribution in [0.5, 0.6) is 5.75 Å². The van der Waals surface area contributed by atoms with Crippen molar-refractivity contribution in [2.45, 2.75) is 4.90 Å². The number of benzene rings is 2. The summed E-state index contributed by atoms with van der Waals surface area (Å²) in [6.45, 7) is 0. The van der Waals surface area contributed by atoms with Crippen LogP contribution in [0, 0.1) is 30.3 Å². The van der Waals surface area contributed by atoms with Crippen molar-refractivity contribution >= 4 is 32.9 Å². The number of hydrogen-bond acceptors (Lipinski definition) is 10. The van der Waals surface area contributed by atoms with Crippen molar-refractivity contribution in [3.63, 3.8) is 0 Å². The van der Waals surface area contributed by atoms with Gasteiger partial charge in [-0.1, -0.05) is 0 Å². The summed E-state index contributed by atoms with van der Waals surface area (Å²) in [5.74, 6) is -1.25. The average molecular weight is 384 g/mol. The molecule has 0 aromatic heterocycles. The van der Waals surface area contributed by atoms with Crippen LogP contribution < -0.4 is 9.92 Å². The molecule has 0 unspecified atom stereocenters. The summed E-state index contributed by atoms with van der Waals surface area (Å²) in [5.41, 5.74) is 2.17. The van der Waals surface area contributed by atoms with Gasteiger partial charge in [0.15, 0.2) is 0 Å². The Labute approximate surface area is 144 Å². The minimum atomic E-state index is -4.71. The molecule has 0 spiro atoms. The van der Waals surface area contributed by atoms with Gasteiger partial charge in [0.2, 0.25) is 0 Å². The van der Waals surface area contributed by atoms with Crippen molar-refractivity contribution in [2.24, 2.45) is 0 Å². The smallest absolute Gasteiger partial charge is 0.339 e. The summed E-state index contributed by atoms with van der Waals surface area (Å²) in [5, 5.41) is 33.0. The number of nitrogens with zero attached hydrogens (tertiary/aromatic N) is 3. The van der Waals surface area contributed by atoms with Gasteiger partial charge in [-0.05, 0) is 24.3 Å². The van der Waals surface area contributed by atoms with Crippen molar-refractivity contribution in [3.05, 3.63) is 66.7 Å². The molecule has 0 aliphatic rings. The topological polar surface area (TPSA) is 199 Å². The molecule has 26 heavy (non-hydrogen) atoms. The van der Waals surface area contributed by atoms with Crippen LogP contribution in [0.2, 0.25) is 0 Å². The normalized spacial score (nSPS) is 10.9. The van der Waals surface area contributed by atoms with E-state index in [1.807, 2.05) is 0 Å². The van der Waals surface area contributed by atoms with E-state index in [2.05, 4.69) is 4.18 Å². The highest BCUT2D eigenvalue weighted by molar-refractivity contribution is 7.87. The van der Waals surface area contributed by atoms with Gasteiger partial charge in [0.1, 0.15) is 4.90 Å². The van der Waals surface area contributed by atoms with Gasteiger partial charge in [-0.25, -0.2) is 0 Å². The zero-order valence-corrected chi connectivity index (χ0v) is 13.3. The highest BCUT2D eigenvalue weighted by atomic mass is 32.2. The highest BCUT2D eigenvalue weighted by Gasteiger charge is 2.35. The van der Waals surface area contributed by atoms with Crippen LogP contribution in [0.3, 0.4) is 0 Å². The third-order valence-electron chi connectivity index (χ3n) is 3.00. The second-order valence-electron chi connectivity index (χ2n) is 4.69. The Kier molecular flexibility index (Phi) is 4.70. The van der Waals surface area contributed by atoms with Crippen molar-refractivity contribution in [2.75, 3.05) is 5.73 Å². The number of nitro groups is 3. The second-order valence-corrected chi connectivity index (χ2v) is 6.24. The molecule has 2 rings (SSSR count). The molecule has 0 fully saturated rings. The molecule has 0 atom stereocenters. The molecule has 0 saturated carbocycles. The predicted molar refractivity (Wildman–Crippen MR) is 85.1 cm³/mol. The Hall–Kier alpha value is -3.81. The first-order valence-electron chi connectivity index (χ1n) is 6.44. The minimum absolute atomic E-state index is 0.219. The van der Waals surface area contributed by atoms with E-state index in [1.54, 1.807) is 0 Å². The average Bonchev–Trinajstić information content (AvgIpc) is 2.54. The summed E-state index contributed by atoms with van der Waals surface area (Å²) >= 11 is 0. The molecular formula is C12H8N4O9S. The maximum Gasteiger partial charge on any atom is 0.339 e. The zero-order chi connectivity index (χ0) is 19.6. The van der Waals surface area contributed by atoms with Gasteiger partial charge in [0.05, 0.1) is 26.9 Å². The quantitative estimate of drug-likeness (QED) is 0.331. The van der Waals surface area contributed by atoms with Crippen molar-refractivity contribution < 1.29 is 27.4 Å². The van der Waals surface area contributed by atoms with Gasteiger partial charge < -0.3 is 9.92 Å². The number of hydrogen-bond donors (Lipinski definition) is 1. The van der Waals surface area contributed by atoms with Gasteiger partial charge in [-0.3, -0.25) is 30.3 Å². The fraction of sp³-hybridized carbons (Fsp3) is 0. The molecule has 0 bridgehead atoms. The molecule has 0 amide bonds. The summed E-state index contributed by atoms with van der Waals surface area (Å²) in [7, 11) is -4.71. The number of nitrogen functional groups attached to an aromatic ring is 1. The highest BCUT2D eigenvalue weighted by Crippen LogP contribution is 2.41. The van der Waals surface area contributed by atoms with E-state index in [9.17, 15) is 38.8 Å². The number of nitro benzene ring substituents is 3. The SMILES string of the molecule is Nc1ccc(S(=O)(=O)Oc2c([N+](=O)[O-])cc([N+](=O)[O-])cc2[N+](=O)[O-])cc1. The monoisotopic (exact) mass is 384 g/mol. The molecule has 2 aromatic rings. The second kappa shape index (κ2) is 6.60. The third-order valence-corrected chi connectivity index (χ3v) is 4.24. The Morgan fingerprint density at radius 3 is 1.69 bits per heavy atom. The maximum atomic E-state index is 12.2. The Bertz CT molecular complexity index is 982. The minimum Gasteiger partial charge on any atom is -0.399 e. The molecule has 13 nitrogen and oxygen atoms in total. The molecule has 136 valence electrons. The molecule has 0 heterocycles. The van der Waals surface area contributed by atoms with E-state index in [0.29, 0.717) is 12.1 Å². The van der Waals surface area contributed by atoms with Crippen LogP contribution in [0.15, 0.2) is 41.3 Å². The van der Waals surface area contributed by atoms with E-state index < -0.39 is 52.6 Å². The molecule has 0 aliphatic heterocycles. The van der Waals surface area contributed by atoms with E-state index in [-0.39, 0.29) is 5.69 Å². The first-order chi connectivity index (χ1) is 12.0. The summed E-state index contributed by atoms with van der Waals surface area (Å²) in [6.07, 6.45) is 0. The Morgan fingerprint density at radius 1 is 0.846 bits per heavy atom. The van der Waals surface area contributed by atoms with Crippen molar-refractivity contribution in [1.29, 1.82) is 0 Å². The Balaban J connectivity index is 2.67. The van der Waals surface area contributed by atoms with Gasteiger partial charge in [-0.15, -0.1) is 0 Å². The van der Waals surface area contributed by atoms with Crippen LogP contribution in [0.1, 0.15) is 0 Å². The number of anilines is 1. The van der Waals surface area contributed by atoms with Crippen LogP contribution in [0.4, 0.5) is 22.7 Å². The maximum absolute atomic E-state index is 12.2. The summed E-state index contributed by atoms with van der Waals surface area (Å²) in [6, 6.07) is 5.17. The van der Waals surface area contributed by atoms with Gasteiger partial charge >= 0.3 is 21.5 Å². The largest absolute Gasteiger partial charge is 0.399 e. The van der Waals surface area contributed by atoms with Crippen LogP contribution in [-0.2, 0) is 10.1 Å². The predicted octanol–water partition coefficient (Wildman–Crippen LogP) is 1.76. The number of rotatable bonds is 6. The molecule has 14 heteroatoms. The van der Waals surface area contributed by atoms with Crippen LogP contribution in [0.25, 0.3) is 0 Å². The van der Waals surface area contributed by atoms with Crippen molar-refractivity contribution in [3.8, 4) is 5.75 Å². The fourth-order valence-electron chi connectivity index (χ4n) is 1.84. The van der Waals surface area contributed by atoms with E-state index in [4.69, 9.17) is 5.73 Å². The molecular weight excluding hydrogens is 376 g/mol. The molecule has 2 N–H and O–H groups in total. The first kappa shape index (κ1) is 18.5. The first-order valence-corrected chi connectivity index (χ1v) is 7.85. The third kappa shape index (κ3) is 3.64. The van der Waals surface area contributed by atoms with E-state index in [0.717, 1.165) is 12.1 Å². The molecule has 0 radical (unpaired) electrons. The summed E-state index contributed by atoms with van der Waals surface area (Å²) < 4.78 is 29.1. The standard InChI is InChI=1S/C12H8N4O9S/c13-7-1-3-9(4-2-7)26(23,24)25-12-10(15(19)20)5-8(14(17)18)6-11(12)16(21)22/h1-6H,13H2. The van der Waals surface area contributed by atoms with Crippen LogP contribution in [-0.4, -0.2) is 23.2 Å². The van der Waals surface area contributed by atoms with E-state index in [1.165, 1.54) is 12.1 Å². The fourth-order valence-corrected chi connectivity index (χ4v) is 2.79. The lowest BCUT2D eigenvalue weighted by molar-refractivity contribution is -0.404. The zero-order valence-electron chi connectivity index (χ0n) is 12.5. The lowest BCUT2D eigenvalue weighted by Crippen LogP contribution is -2.12. The van der Waals surface area contributed by atoms with Crippen LogP contribution >= 0.6 is 0 Å². The van der Waals surface area contributed by atoms with Gasteiger partial charge in [-0.2, -0.15) is 8.42 Å². The lowest BCUT2D eigenvalue weighted by atomic mass is 10.2. The van der Waals surface area contributed by atoms with E-state index >= 15 is 0 Å². The van der Waals surface area contributed by atoms with Crippen molar-refractivity contribution in [1.82, 2.24) is 0 Å². The number of non-ortho nitro benzene ring substituents is 1. The summed E-state index contributed by atoms with van der Waals surface area (Å²) in [4.78, 5) is 29.0. The Morgan fingerprint density at radius 2 is 1.31 bits per heavy atom. The lowest BCUT2D eigenvalue weighted by Gasteiger charge is -2.08. The molecule has 2 aromatic carbocycles.